The van der Waals surface area contributed by atoms with Gasteiger partial charge in [-0.3, -0.25) is 9.69 Å². The number of nitrogens with zero attached hydrogens (tertiary/aromatic N) is 2. The summed E-state index contributed by atoms with van der Waals surface area (Å²) in [6.07, 6.45) is 3.61. The van der Waals surface area contributed by atoms with Crippen molar-refractivity contribution in [2.24, 2.45) is 4.99 Å². The second-order valence-electron chi connectivity index (χ2n) is 8.86. The Kier molecular flexibility index (Phi) is 9.76. The lowest BCUT2D eigenvalue weighted by Gasteiger charge is -2.38. The molecular formula is C27H39N5O. The van der Waals surface area contributed by atoms with E-state index >= 15 is 0 Å². The predicted octanol–water partition coefficient (Wildman–Crippen LogP) is 4.53. The summed E-state index contributed by atoms with van der Waals surface area (Å²) < 4.78 is 0. The Balaban J connectivity index is 1.51. The van der Waals surface area contributed by atoms with E-state index in [0.717, 1.165) is 56.1 Å². The number of amides is 1. The summed E-state index contributed by atoms with van der Waals surface area (Å²) in [7, 11) is 0. The summed E-state index contributed by atoms with van der Waals surface area (Å²) in [5.74, 6) is 0.928. The summed E-state index contributed by atoms with van der Waals surface area (Å²) >= 11 is 0. The Morgan fingerprint density at radius 3 is 2.48 bits per heavy atom. The van der Waals surface area contributed by atoms with Crippen LogP contribution in [0.25, 0.3) is 0 Å². The van der Waals surface area contributed by atoms with E-state index in [0.29, 0.717) is 25.0 Å². The maximum absolute atomic E-state index is 11.8. The van der Waals surface area contributed by atoms with Crippen molar-refractivity contribution in [1.29, 1.82) is 0 Å². The first-order valence-electron chi connectivity index (χ1n) is 12.3. The van der Waals surface area contributed by atoms with Crippen LogP contribution in [0.3, 0.4) is 0 Å². The highest BCUT2D eigenvalue weighted by Crippen LogP contribution is 2.20. The first-order chi connectivity index (χ1) is 16.1. The quantitative estimate of drug-likeness (QED) is 0.389. The van der Waals surface area contributed by atoms with E-state index in [1.165, 1.54) is 5.56 Å². The minimum absolute atomic E-state index is 0.0611. The van der Waals surface area contributed by atoms with Gasteiger partial charge in [-0.2, -0.15) is 0 Å². The van der Waals surface area contributed by atoms with Crippen molar-refractivity contribution in [3.63, 3.8) is 0 Å². The maximum atomic E-state index is 11.8. The molecule has 0 radical (unpaired) electrons. The van der Waals surface area contributed by atoms with Gasteiger partial charge in [0.25, 0.3) is 0 Å². The standard InChI is InChI=1S/C27H39N5O/c1-4-9-26(33)30-24-14-12-22(13-15-24)19-29-27(28-5-2)31-25-16-17-32(21(3)18-25)20-23-10-7-6-8-11-23/h6-8,10-15,21,25H,4-5,9,16-20H2,1-3H3,(H,30,33)(H2,28,29,31). The van der Waals surface area contributed by atoms with E-state index in [1.54, 1.807) is 0 Å². The number of hydrogen-bond acceptors (Lipinski definition) is 3. The fraction of sp³-hybridized carbons (Fsp3) is 0.481. The zero-order chi connectivity index (χ0) is 23.5. The molecule has 1 saturated heterocycles. The average Bonchev–Trinajstić information content (AvgIpc) is 2.81. The van der Waals surface area contributed by atoms with Crippen molar-refractivity contribution in [3.8, 4) is 0 Å². The lowest BCUT2D eigenvalue weighted by atomic mass is 9.97. The first-order valence-corrected chi connectivity index (χ1v) is 12.3. The number of hydrogen-bond donors (Lipinski definition) is 3. The normalized spacial score (nSPS) is 19.2. The average molecular weight is 450 g/mol. The number of carbonyl (C=O) groups excluding carboxylic acids is 1. The molecule has 1 heterocycles. The van der Waals surface area contributed by atoms with Gasteiger partial charge >= 0.3 is 0 Å². The maximum Gasteiger partial charge on any atom is 0.224 e. The Morgan fingerprint density at radius 1 is 1.06 bits per heavy atom. The van der Waals surface area contributed by atoms with Crippen LogP contribution in [0.15, 0.2) is 59.6 Å². The molecule has 1 fully saturated rings. The molecule has 0 bridgehead atoms. The summed E-state index contributed by atoms with van der Waals surface area (Å²) in [6, 6.07) is 19.6. The van der Waals surface area contributed by atoms with E-state index in [2.05, 4.69) is 65.0 Å². The summed E-state index contributed by atoms with van der Waals surface area (Å²) in [4.78, 5) is 19.1. The fourth-order valence-electron chi connectivity index (χ4n) is 4.23. The van der Waals surface area contributed by atoms with E-state index in [9.17, 15) is 4.79 Å². The molecule has 1 aliphatic rings. The molecule has 33 heavy (non-hydrogen) atoms. The topological polar surface area (TPSA) is 68.8 Å². The number of rotatable bonds is 9. The minimum Gasteiger partial charge on any atom is -0.357 e. The van der Waals surface area contributed by atoms with Crippen molar-refractivity contribution in [3.05, 3.63) is 65.7 Å². The Bertz CT molecular complexity index is 881. The Labute approximate surface area is 198 Å². The molecule has 1 amide bonds. The van der Waals surface area contributed by atoms with Gasteiger partial charge in [-0.1, -0.05) is 49.4 Å². The van der Waals surface area contributed by atoms with Crippen molar-refractivity contribution in [2.45, 2.75) is 71.6 Å². The van der Waals surface area contributed by atoms with Crippen molar-refractivity contribution in [2.75, 3.05) is 18.4 Å². The highest BCUT2D eigenvalue weighted by molar-refractivity contribution is 5.90. The van der Waals surface area contributed by atoms with Gasteiger partial charge in [0.1, 0.15) is 0 Å². The zero-order valence-electron chi connectivity index (χ0n) is 20.3. The van der Waals surface area contributed by atoms with Crippen LogP contribution in [0.1, 0.15) is 57.6 Å². The van der Waals surface area contributed by atoms with Crippen LogP contribution < -0.4 is 16.0 Å². The largest absolute Gasteiger partial charge is 0.357 e. The van der Waals surface area contributed by atoms with Gasteiger partial charge in [0.2, 0.25) is 5.91 Å². The third kappa shape index (κ3) is 8.21. The van der Waals surface area contributed by atoms with Gasteiger partial charge < -0.3 is 16.0 Å². The second-order valence-corrected chi connectivity index (χ2v) is 8.86. The third-order valence-electron chi connectivity index (χ3n) is 6.06. The van der Waals surface area contributed by atoms with Crippen LogP contribution in [0.4, 0.5) is 5.69 Å². The van der Waals surface area contributed by atoms with E-state index in [4.69, 9.17) is 4.99 Å². The molecular weight excluding hydrogens is 410 g/mol. The fourth-order valence-corrected chi connectivity index (χ4v) is 4.23. The number of aliphatic imine (C=N–C) groups is 1. The molecule has 3 N–H and O–H groups in total. The molecule has 178 valence electrons. The van der Waals surface area contributed by atoms with Crippen LogP contribution in [0.2, 0.25) is 0 Å². The molecule has 3 rings (SSSR count). The summed E-state index contributed by atoms with van der Waals surface area (Å²) in [6.45, 7) is 9.94. The Morgan fingerprint density at radius 2 is 1.82 bits per heavy atom. The number of likely N-dealkylation sites (tertiary alicyclic amines) is 1. The van der Waals surface area contributed by atoms with Crippen molar-refractivity contribution in [1.82, 2.24) is 15.5 Å². The van der Waals surface area contributed by atoms with Crippen LogP contribution in [0, 0.1) is 0 Å². The van der Waals surface area contributed by atoms with Gasteiger partial charge in [-0.05, 0) is 56.4 Å². The molecule has 6 nitrogen and oxygen atoms in total. The molecule has 6 heteroatoms. The number of guanidine groups is 1. The first kappa shape index (κ1) is 24.8. The van der Waals surface area contributed by atoms with Gasteiger partial charge in [-0.15, -0.1) is 0 Å². The smallest absolute Gasteiger partial charge is 0.224 e. The third-order valence-corrected chi connectivity index (χ3v) is 6.06. The predicted molar refractivity (Wildman–Crippen MR) is 137 cm³/mol. The molecule has 2 atom stereocenters. The summed E-state index contributed by atoms with van der Waals surface area (Å²) in [5, 5.41) is 9.96. The molecule has 0 aromatic heterocycles. The molecule has 0 aliphatic carbocycles. The van der Waals surface area contributed by atoms with Crippen LogP contribution in [0.5, 0.6) is 0 Å². The van der Waals surface area contributed by atoms with Crippen molar-refractivity contribution < 1.29 is 4.79 Å². The highest BCUT2D eigenvalue weighted by Gasteiger charge is 2.25. The molecule has 2 aromatic rings. The van der Waals surface area contributed by atoms with E-state index < -0.39 is 0 Å². The SMILES string of the molecule is CCCC(=O)Nc1ccc(CN=C(NCC)NC2CCN(Cc3ccccc3)C(C)C2)cc1. The van der Waals surface area contributed by atoms with Crippen LogP contribution >= 0.6 is 0 Å². The van der Waals surface area contributed by atoms with E-state index in [1.807, 2.05) is 31.2 Å². The number of anilines is 1. The molecule has 2 unspecified atom stereocenters. The number of piperidine rings is 1. The highest BCUT2D eigenvalue weighted by atomic mass is 16.1. The van der Waals surface area contributed by atoms with Gasteiger partial charge in [0, 0.05) is 43.8 Å². The van der Waals surface area contributed by atoms with Crippen molar-refractivity contribution >= 4 is 17.6 Å². The Hall–Kier alpha value is -2.86. The monoisotopic (exact) mass is 449 g/mol. The zero-order valence-corrected chi connectivity index (χ0v) is 20.3. The number of benzene rings is 2. The van der Waals surface area contributed by atoms with Gasteiger partial charge in [0.05, 0.1) is 6.54 Å². The number of carbonyl (C=O) groups is 1. The summed E-state index contributed by atoms with van der Waals surface area (Å²) in [5.41, 5.74) is 3.33. The van der Waals surface area contributed by atoms with Crippen LogP contribution in [-0.4, -0.2) is 41.9 Å². The lowest BCUT2D eigenvalue weighted by molar-refractivity contribution is -0.116. The number of nitrogens with one attached hydrogen (secondary N) is 3. The molecule has 0 saturated carbocycles. The van der Waals surface area contributed by atoms with Crippen LogP contribution in [-0.2, 0) is 17.9 Å². The lowest BCUT2D eigenvalue weighted by Crippen LogP contribution is -2.51. The second kappa shape index (κ2) is 13.0. The van der Waals surface area contributed by atoms with E-state index in [-0.39, 0.29) is 5.91 Å². The minimum atomic E-state index is 0.0611. The molecule has 2 aromatic carbocycles. The van der Waals surface area contributed by atoms with Gasteiger partial charge in [-0.25, -0.2) is 4.99 Å². The molecule has 1 aliphatic heterocycles. The van der Waals surface area contributed by atoms with Gasteiger partial charge in [0.15, 0.2) is 5.96 Å². The molecule has 0 spiro atoms.